The summed E-state index contributed by atoms with van der Waals surface area (Å²) in [5.74, 6) is 2.06. The molecule has 2 aliphatic rings. The number of hydrogen-bond donors (Lipinski definition) is 2. The molecule has 0 spiro atoms. The van der Waals surface area contributed by atoms with Crippen LogP contribution >= 0.6 is 11.3 Å². The maximum absolute atomic E-state index is 12.7. The van der Waals surface area contributed by atoms with Crippen molar-refractivity contribution in [1.29, 1.82) is 0 Å². The average Bonchev–Trinajstić information content (AvgIpc) is 3.37. The molecule has 0 radical (unpaired) electrons. The van der Waals surface area contributed by atoms with Gasteiger partial charge in [-0.05, 0) is 43.0 Å². The number of carbonyl (C=O) groups excluding carboxylic acids is 1. The van der Waals surface area contributed by atoms with Crippen LogP contribution < -0.4 is 10.6 Å². The van der Waals surface area contributed by atoms with E-state index in [1.165, 1.54) is 24.1 Å². The first kappa shape index (κ1) is 20.2. The van der Waals surface area contributed by atoms with E-state index in [-0.39, 0.29) is 5.92 Å². The first-order chi connectivity index (χ1) is 13.2. The minimum Gasteiger partial charge on any atom is -0.356 e. The van der Waals surface area contributed by atoms with Gasteiger partial charge in [-0.3, -0.25) is 9.79 Å². The molecule has 0 bridgehead atoms. The molecular formula is C21H34N4OS. The Morgan fingerprint density at radius 3 is 2.85 bits per heavy atom. The lowest BCUT2D eigenvalue weighted by molar-refractivity contribution is -0.135. The summed E-state index contributed by atoms with van der Waals surface area (Å²) < 4.78 is 0. The summed E-state index contributed by atoms with van der Waals surface area (Å²) >= 11 is 1.82. The third-order valence-electron chi connectivity index (χ3n) is 5.77. The van der Waals surface area contributed by atoms with E-state index in [0.29, 0.717) is 17.9 Å². The van der Waals surface area contributed by atoms with E-state index < -0.39 is 0 Å². The molecule has 1 aromatic heterocycles. The zero-order valence-electron chi connectivity index (χ0n) is 16.7. The monoisotopic (exact) mass is 390 g/mol. The van der Waals surface area contributed by atoms with Crippen molar-refractivity contribution in [3.63, 3.8) is 0 Å². The van der Waals surface area contributed by atoms with Crippen LogP contribution in [0.4, 0.5) is 0 Å². The minimum atomic E-state index is 0.271. The molecule has 27 heavy (non-hydrogen) atoms. The molecule has 1 aromatic rings. The fourth-order valence-corrected chi connectivity index (χ4v) is 5.06. The molecule has 5 nitrogen and oxygen atoms in total. The van der Waals surface area contributed by atoms with Gasteiger partial charge in [-0.1, -0.05) is 32.3 Å². The molecule has 2 unspecified atom stereocenters. The SMILES string of the molecule is CN=C(NCC(C)Cc1cccs1)NC1CCN(C(=O)C2CCCCC2)C1. The maximum Gasteiger partial charge on any atom is 0.225 e. The van der Waals surface area contributed by atoms with Crippen molar-refractivity contribution >= 4 is 23.2 Å². The second-order valence-electron chi connectivity index (χ2n) is 8.09. The van der Waals surface area contributed by atoms with Crippen LogP contribution in [-0.4, -0.2) is 49.5 Å². The van der Waals surface area contributed by atoms with Crippen LogP contribution in [0.2, 0.25) is 0 Å². The molecule has 6 heteroatoms. The zero-order valence-corrected chi connectivity index (χ0v) is 17.6. The second-order valence-corrected chi connectivity index (χ2v) is 9.12. The van der Waals surface area contributed by atoms with Gasteiger partial charge in [-0.15, -0.1) is 11.3 Å². The molecule has 3 rings (SSSR count). The Kier molecular flexibility index (Phi) is 7.56. The molecule has 1 aliphatic heterocycles. The Morgan fingerprint density at radius 2 is 2.15 bits per heavy atom. The quantitative estimate of drug-likeness (QED) is 0.579. The Labute approximate surface area is 167 Å². The fraction of sp³-hybridized carbons (Fsp3) is 0.714. The Morgan fingerprint density at radius 1 is 1.33 bits per heavy atom. The van der Waals surface area contributed by atoms with Gasteiger partial charge < -0.3 is 15.5 Å². The van der Waals surface area contributed by atoms with E-state index >= 15 is 0 Å². The van der Waals surface area contributed by atoms with Crippen molar-refractivity contribution in [2.75, 3.05) is 26.7 Å². The fourth-order valence-electron chi connectivity index (χ4n) is 4.19. The van der Waals surface area contributed by atoms with E-state index in [0.717, 1.165) is 51.3 Å². The van der Waals surface area contributed by atoms with Crippen molar-refractivity contribution in [3.05, 3.63) is 22.4 Å². The van der Waals surface area contributed by atoms with Gasteiger partial charge in [0.15, 0.2) is 5.96 Å². The number of rotatable bonds is 6. The van der Waals surface area contributed by atoms with E-state index in [1.807, 2.05) is 18.4 Å². The van der Waals surface area contributed by atoms with Gasteiger partial charge in [0.2, 0.25) is 5.91 Å². The zero-order chi connectivity index (χ0) is 19.1. The largest absolute Gasteiger partial charge is 0.356 e. The third kappa shape index (κ3) is 5.96. The highest BCUT2D eigenvalue weighted by molar-refractivity contribution is 7.09. The van der Waals surface area contributed by atoms with Crippen LogP contribution in [0.15, 0.2) is 22.5 Å². The summed E-state index contributed by atoms with van der Waals surface area (Å²) in [6, 6.07) is 4.61. The number of thiophene rings is 1. The molecule has 150 valence electrons. The topological polar surface area (TPSA) is 56.7 Å². The summed E-state index contributed by atoms with van der Waals surface area (Å²) in [4.78, 5) is 20.6. The molecular weight excluding hydrogens is 356 g/mol. The van der Waals surface area contributed by atoms with Crippen LogP contribution in [0.25, 0.3) is 0 Å². The number of amides is 1. The summed E-state index contributed by atoms with van der Waals surface area (Å²) in [5, 5.41) is 9.11. The van der Waals surface area contributed by atoms with Crippen molar-refractivity contribution in [2.24, 2.45) is 16.8 Å². The Bertz CT molecular complexity index is 610. The molecule has 1 saturated heterocycles. The van der Waals surface area contributed by atoms with Crippen molar-refractivity contribution in [2.45, 2.75) is 57.9 Å². The first-order valence-electron chi connectivity index (χ1n) is 10.4. The molecule has 1 aliphatic carbocycles. The molecule has 2 heterocycles. The molecule has 1 saturated carbocycles. The van der Waals surface area contributed by atoms with E-state index in [2.05, 4.69) is 45.0 Å². The van der Waals surface area contributed by atoms with E-state index in [1.54, 1.807) is 0 Å². The number of hydrogen-bond acceptors (Lipinski definition) is 3. The predicted molar refractivity (Wildman–Crippen MR) is 113 cm³/mol. The first-order valence-corrected chi connectivity index (χ1v) is 11.3. The van der Waals surface area contributed by atoms with Crippen LogP contribution in [0, 0.1) is 11.8 Å². The number of likely N-dealkylation sites (tertiary alicyclic amines) is 1. The van der Waals surface area contributed by atoms with Crippen LogP contribution in [0.5, 0.6) is 0 Å². The minimum absolute atomic E-state index is 0.271. The van der Waals surface area contributed by atoms with Crippen LogP contribution in [-0.2, 0) is 11.2 Å². The number of aliphatic imine (C=N–C) groups is 1. The lowest BCUT2D eigenvalue weighted by Crippen LogP contribution is -2.46. The van der Waals surface area contributed by atoms with Gasteiger partial charge in [0.05, 0.1) is 0 Å². The summed E-state index contributed by atoms with van der Waals surface area (Å²) in [6.45, 7) is 4.84. The van der Waals surface area contributed by atoms with Gasteiger partial charge in [-0.25, -0.2) is 0 Å². The highest BCUT2D eigenvalue weighted by Gasteiger charge is 2.31. The molecule has 1 amide bonds. The van der Waals surface area contributed by atoms with Gasteiger partial charge >= 0.3 is 0 Å². The normalized spacial score (nSPS) is 22.7. The highest BCUT2D eigenvalue weighted by atomic mass is 32.1. The predicted octanol–water partition coefficient (Wildman–Crippen LogP) is 3.27. The van der Waals surface area contributed by atoms with E-state index in [9.17, 15) is 4.79 Å². The van der Waals surface area contributed by atoms with Gasteiger partial charge in [0.1, 0.15) is 0 Å². The Hall–Kier alpha value is -1.56. The average molecular weight is 391 g/mol. The molecule has 2 atom stereocenters. The number of carbonyl (C=O) groups is 1. The van der Waals surface area contributed by atoms with Crippen molar-refractivity contribution in [1.82, 2.24) is 15.5 Å². The third-order valence-corrected chi connectivity index (χ3v) is 6.67. The lowest BCUT2D eigenvalue weighted by Gasteiger charge is -2.26. The highest BCUT2D eigenvalue weighted by Crippen LogP contribution is 2.26. The van der Waals surface area contributed by atoms with Gasteiger partial charge in [0.25, 0.3) is 0 Å². The smallest absolute Gasteiger partial charge is 0.225 e. The van der Waals surface area contributed by atoms with Crippen LogP contribution in [0.3, 0.4) is 0 Å². The van der Waals surface area contributed by atoms with E-state index in [4.69, 9.17) is 0 Å². The van der Waals surface area contributed by atoms with Crippen molar-refractivity contribution in [3.8, 4) is 0 Å². The number of nitrogens with zero attached hydrogens (tertiary/aromatic N) is 2. The standard InChI is InChI=1S/C21H34N4OS/c1-16(13-19-9-6-12-27-19)14-23-21(22-2)24-18-10-11-25(15-18)20(26)17-7-4-3-5-8-17/h6,9,12,16-18H,3-5,7-8,10-11,13-15H2,1-2H3,(H2,22,23,24). The number of nitrogens with one attached hydrogen (secondary N) is 2. The van der Waals surface area contributed by atoms with Crippen LogP contribution in [0.1, 0.15) is 50.3 Å². The summed E-state index contributed by atoms with van der Waals surface area (Å²) in [7, 11) is 1.82. The Balaban J connectivity index is 1.40. The molecule has 2 N–H and O–H groups in total. The maximum atomic E-state index is 12.7. The molecule has 2 fully saturated rings. The second kappa shape index (κ2) is 10.1. The van der Waals surface area contributed by atoms with Gasteiger partial charge in [0, 0.05) is 43.5 Å². The van der Waals surface area contributed by atoms with Gasteiger partial charge in [-0.2, -0.15) is 0 Å². The lowest BCUT2D eigenvalue weighted by atomic mass is 9.88. The van der Waals surface area contributed by atoms with Crippen molar-refractivity contribution < 1.29 is 4.79 Å². The number of guanidine groups is 1. The molecule has 0 aromatic carbocycles. The summed E-state index contributed by atoms with van der Waals surface area (Å²) in [5.41, 5.74) is 0. The summed E-state index contributed by atoms with van der Waals surface area (Å²) in [6.07, 6.45) is 7.98.